The Balaban J connectivity index is 1.60. The molecule has 0 saturated heterocycles. The van der Waals surface area contributed by atoms with Gasteiger partial charge in [0.1, 0.15) is 5.75 Å². The minimum atomic E-state index is -0.864. The van der Waals surface area contributed by atoms with Crippen molar-refractivity contribution in [1.29, 1.82) is 0 Å². The summed E-state index contributed by atoms with van der Waals surface area (Å²) in [6.07, 6.45) is 3.02. The van der Waals surface area contributed by atoms with E-state index in [1.807, 2.05) is 30.3 Å². The number of hydrogen-bond donors (Lipinski definition) is 1. The third kappa shape index (κ3) is 4.32. The van der Waals surface area contributed by atoms with Crippen LogP contribution in [0.1, 0.15) is 17.2 Å². The van der Waals surface area contributed by atoms with Gasteiger partial charge < -0.3 is 9.84 Å². The molecule has 2 heterocycles. The van der Waals surface area contributed by atoms with Gasteiger partial charge in [-0.1, -0.05) is 71.5 Å². The fourth-order valence-electron chi connectivity index (χ4n) is 3.97. The normalized spacial score (nSPS) is 16.0. The predicted octanol–water partition coefficient (Wildman–Crippen LogP) is 6.14. The lowest BCUT2D eigenvalue weighted by molar-refractivity contribution is -0.117. The van der Waals surface area contributed by atoms with Crippen LogP contribution >= 0.6 is 22.9 Å². The van der Waals surface area contributed by atoms with Gasteiger partial charge in [-0.3, -0.25) is 14.5 Å². The molecule has 0 saturated carbocycles. The van der Waals surface area contributed by atoms with Crippen LogP contribution < -0.4 is 9.64 Å². The van der Waals surface area contributed by atoms with Gasteiger partial charge in [0, 0.05) is 5.02 Å². The standard InChI is InChI=1S/C27H19ClN2O4S/c1-34-19-11-8-17(9-12-19)24-23(21(31)14-7-16-5-3-2-4-6-16)25(32)26(33)30(24)27-29-20-13-10-18(28)15-22(20)35-27/h2-15,24,32H,1H3/b14-7+. The van der Waals surface area contributed by atoms with Gasteiger partial charge in [0.15, 0.2) is 16.7 Å². The zero-order valence-corrected chi connectivity index (χ0v) is 20.1. The summed E-state index contributed by atoms with van der Waals surface area (Å²) in [6.45, 7) is 0. The number of hydrogen-bond acceptors (Lipinski definition) is 6. The average molecular weight is 503 g/mol. The van der Waals surface area contributed by atoms with Crippen LogP contribution in [0.25, 0.3) is 16.3 Å². The number of carbonyl (C=O) groups is 2. The van der Waals surface area contributed by atoms with Gasteiger partial charge in [-0.05, 0) is 47.5 Å². The quantitative estimate of drug-likeness (QED) is 0.320. The van der Waals surface area contributed by atoms with Gasteiger partial charge in [-0.25, -0.2) is 4.98 Å². The number of aliphatic hydroxyl groups excluding tert-OH is 1. The number of nitrogens with zero attached hydrogens (tertiary/aromatic N) is 2. The number of aliphatic hydroxyl groups is 1. The summed E-state index contributed by atoms with van der Waals surface area (Å²) in [5.74, 6) is -1.12. The van der Waals surface area contributed by atoms with E-state index in [1.165, 1.54) is 22.3 Å². The number of allylic oxidation sites excluding steroid dienone is 1. The van der Waals surface area contributed by atoms with Gasteiger partial charge in [-0.2, -0.15) is 0 Å². The summed E-state index contributed by atoms with van der Waals surface area (Å²) in [7, 11) is 1.56. The molecule has 4 aromatic rings. The van der Waals surface area contributed by atoms with Gasteiger partial charge in [0.2, 0.25) is 0 Å². The van der Waals surface area contributed by atoms with Crippen molar-refractivity contribution >= 4 is 56.1 Å². The molecule has 1 aliphatic heterocycles. The topological polar surface area (TPSA) is 79.7 Å². The van der Waals surface area contributed by atoms with Crippen molar-refractivity contribution in [2.24, 2.45) is 0 Å². The second-order valence-corrected chi connectivity index (χ2v) is 9.28. The van der Waals surface area contributed by atoms with Crippen LogP contribution in [0.3, 0.4) is 0 Å². The molecule has 0 spiro atoms. The fraction of sp³-hybridized carbons (Fsp3) is 0.0741. The number of ether oxygens (including phenoxy) is 1. The van der Waals surface area contributed by atoms with E-state index in [0.717, 1.165) is 10.3 Å². The number of aromatic nitrogens is 1. The van der Waals surface area contributed by atoms with Crippen molar-refractivity contribution in [3.63, 3.8) is 0 Å². The van der Waals surface area contributed by atoms with Gasteiger partial charge in [-0.15, -0.1) is 0 Å². The summed E-state index contributed by atoms with van der Waals surface area (Å²) in [5, 5.41) is 11.8. The second-order valence-electron chi connectivity index (χ2n) is 7.83. The highest BCUT2D eigenvalue weighted by molar-refractivity contribution is 7.22. The Labute approximate surface area is 210 Å². The maximum absolute atomic E-state index is 13.3. The first-order valence-electron chi connectivity index (χ1n) is 10.7. The molecule has 1 aromatic heterocycles. The van der Waals surface area contributed by atoms with Crippen molar-refractivity contribution in [2.45, 2.75) is 6.04 Å². The number of methoxy groups -OCH3 is 1. The Morgan fingerprint density at radius 3 is 2.57 bits per heavy atom. The summed E-state index contributed by atoms with van der Waals surface area (Å²) in [4.78, 5) is 32.6. The zero-order chi connectivity index (χ0) is 24.5. The summed E-state index contributed by atoms with van der Waals surface area (Å²) in [6, 6.07) is 20.7. The van der Waals surface area contributed by atoms with Crippen molar-refractivity contribution < 1.29 is 19.4 Å². The van der Waals surface area contributed by atoms with E-state index in [0.29, 0.717) is 27.0 Å². The lowest BCUT2D eigenvalue weighted by Gasteiger charge is -2.24. The molecule has 5 rings (SSSR count). The molecule has 1 unspecified atom stereocenters. The molecule has 1 N–H and O–H groups in total. The molecule has 0 fully saturated rings. The number of fused-ring (bicyclic) bond motifs is 1. The maximum atomic E-state index is 13.3. The van der Waals surface area contributed by atoms with E-state index in [1.54, 1.807) is 55.7 Å². The van der Waals surface area contributed by atoms with Crippen LogP contribution in [-0.2, 0) is 9.59 Å². The smallest absolute Gasteiger partial charge is 0.296 e. The Kier molecular flexibility index (Phi) is 6.11. The van der Waals surface area contributed by atoms with E-state index >= 15 is 0 Å². The minimum Gasteiger partial charge on any atom is -0.503 e. The van der Waals surface area contributed by atoms with E-state index in [-0.39, 0.29) is 5.57 Å². The van der Waals surface area contributed by atoms with Crippen molar-refractivity contribution in [3.8, 4) is 5.75 Å². The largest absolute Gasteiger partial charge is 0.503 e. The molecule has 0 bridgehead atoms. The number of ketones is 1. The van der Waals surface area contributed by atoms with Crippen molar-refractivity contribution in [2.75, 3.05) is 12.0 Å². The van der Waals surface area contributed by atoms with E-state index in [9.17, 15) is 14.7 Å². The first-order chi connectivity index (χ1) is 17.0. The monoisotopic (exact) mass is 502 g/mol. The number of thiazole rings is 1. The number of rotatable bonds is 6. The van der Waals surface area contributed by atoms with Crippen LogP contribution in [0.5, 0.6) is 5.75 Å². The third-order valence-corrected chi connectivity index (χ3v) is 6.93. The van der Waals surface area contributed by atoms with Gasteiger partial charge >= 0.3 is 0 Å². The molecule has 1 aliphatic rings. The number of anilines is 1. The molecule has 0 radical (unpaired) electrons. The lowest BCUT2D eigenvalue weighted by Crippen LogP contribution is -2.30. The summed E-state index contributed by atoms with van der Waals surface area (Å²) in [5.41, 5.74) is 2.12. The maximum Gasteiger partial charge on any atom is 0.296 e. The molecule has 6 nitrogen and oxygen atoms in total. The van der Waals surface area contributed by atoms with Crippen LogP contribution in [0.2, 0.25) is 5.02 Å². The van der Waals surface area contributed by atoms with Crippen LogP contribution in [0.15, 0.2) is 90.2 Å². The zero-order valence-electron chi connectivity index (χ0n) is 18.5. The predicted molar refractivity (Wildman–Crippen MR) is 138 cm³/mol. The molecule has 8 heteroatoms. The Hall–Kier alpha value is -3.94. The Morgan fingerprint density at radius 1 is 1.11 bits per heavy atom. The second kappa shape index (κ2) is 9.37. The van der Waals surface area contributed by atoms with Crippen molar-refractivity contribution in [3.05, 3.63) is 106 Å². The number of amides is 1. The Bertz CT molecular complexity index is 1490. The van der Waals surface area contributed by atoms with E-state index in [4.69, 9.17) is 16.3 Å². The van der Waals surface area contributed by atoms with Crippen LogP contribution in [-0.4, -0.2) is 28.9 Å². The summed E-state index contributed by atoms with van der Waals surface area (Å²) < 4.78 is 6.04. The molecular formula is C27H19ClN2O4S. The molecule has 174 valence electrons. The third-order valence-electron chi connectivity index (χ3n) is 5.68. The number of carbonyl (C=O) groups excluding carboxylic acids is 2. The van der Waals surface area contributed by atoms with Crippen LogP contribution in [0, 0.1) is 0 Å². The molecule has 0 aliphatic carbocycles. The molecule has 35 heavy (non-hydrogen) atoms. The number of halogens is 1. The first kappa shape index (κ1) is 22.8. The van der Waals surface area contributed by atoms with Crippen molar-refractivity contribution in [1.82, 2.24) is 4.98 Å². The van der Waals surface area contributed by atoms with E-state index in [2.05, 4.69) is 4.98 Å². The number of benzene rings is 3. The van der Waals surface area contributed by atoms with E-state index < -0.39 is 23.5 Å². The summed E-state index contributed by atoms with van der Waals surface area (Å²) >= 11 is 7.39. The SMILES string of the molecule is COc1ccc(C2C(C(=O)/C=C/c3ccccc3)=C(O)C(=O)N2c2nc3ccc(Cl)cc3s2)cc1. The minimum absolute atomic E-state index is 0.00960. The van der Waals surface area contributed by atoms with Gasteiger partial charge in [0.25, 0.3) is 5.91 Å². The molecule has 1 amide bonds. The fourth-order valence-corrected chi connectivity index (χ4v) is 5.24. The molecule has 3 aromatic carbocycles. The first-order valence-corrected chi connectivity index (χ1v) is 11.9. The van der Waals surface area contributed by atoms with Crippen LogP contribution in [0.4, 0.5) is 5.13 Å². The highest BCUT2D eigenvalue weighted by Gasteiger charge is 2.45. The average Bonchev–Trinajstić information content (AvgIpc) is 3.41. The molecule has 1 atom stereocenters. The highest BCUT2D eigenvalue weighted by atomic mass is 35.5. The highest BCUT2D eigenvalue weighted by Crippen LogP contribution is 2.44. The lowest BCUT2D eigenvalue weighted by atomic mass is 9.95. The Morgan fingerprint density at radius 2 is 1.86 bits per heavy atom. The van der Waals surface area contributed by atoms with Gasteiger partial charge in [0.05, 0.1) is 28.9 Å². The molecular weight excluding hydrogens is 484 g/mol.